The molecule has 0 radical (unpaired) electrons. The van der Waals surface area contributed by atoms with E-state index in [4.69, 9.17) is 15.2 Å². The van der Waals surface area contributed by atoms with Crippen molar-refractivity contribution in [2.45, 2.75) is 5.92 Å². The normalized spacial score (nSPS) is 10.4. The van der Waals surface area contributed by atoms with Crippen LogP contribution in [0.4, 0.5) is 0 Å². The molecule has 0 saturated carbocycles. The fraction of sp³-hybridized carbons (Fsp3) is 0.125. The predicted molar refractivity (Wildman–Crippen MR) is 121 cm³/mol. The largest absolute Gasteiger partial charge is 1.00 e. The van der Waals surface area contributed by atoms with Crippen molar-refractivity contribution < 1.29 is 65.7 Å². The molecule has 0 aliphatic rings. The van der Waals surface area contributed by atoms with Crippen LogP contribution >= 0.6 is 0 Å². The Bertz CT molecular complexity index is 1280. The molecule has 2 aromatic heterocycles. The Kier molecular flexibility index (Phi) is 8.70. The first-order valence-corrected chi connectivity index (χ1v) is 9.98. The standard InChI is InChI=1S/C24H21N5O4.K/c1-32-16-9-5-14(6-10-16)19(15-7-11-17(33-2)12-8-15)21-20(22(25)30)24(31)28-23(27-21)18-4-3-13-26-29-18;/h3-13,19H,1-2H3,(H3,25,27,28,30,31);/q;+1/p-1. The molecule has 0 fully saturated rings. The van der Waals surface area contributed by atoms with E-state index in [0.717, 1.165) is 11.1 Å². The number of benzene rings is 2. The molecule has 9 nitrogen and oxygen atoms in total. The van der Waals surface area contributed by atoms with E-state index in [1.165, 1.54) is 6.20 Å². The number of carbonyl (C=O) groups excluding carboxylic acids is 1. The van der Waals surface area contributed by atoms with Crippen molar-refractivity contribution in [1.29, 1.82) is 0 Å². The molecular weight excluding hydrogens is 461 g/mol. The van der Waals surface area contributed by atoms with Gasteiger partial charge in [-0.15, -0.1) is 5.10 Å². The molecule has 2 N–H and O–H groups in total. The number of amides is 1. The number of aromatic nitrogens is 4. The molecule has 0 bridgehead atoms. The van der Waals surface area contributed by atoms with Crippen LogP contribution in [0, 0.1) is 0 Å². The Morgan fingerprint density at radius 2 is 1.50 bits per heavy atom. The van der Waals surface area contributed by atoms with Gasteiger partial charge in [0.1, 0.15) is 17.2 Å². The molecule has 0 spiro atoms. The van der Waals surface area contributed by atoms with E-state index in [2.05, 4.69) is 20.2 Å². The van der Waals surface area contributed by atoms with E-state index in [9.17, 15) is 9.59 Å². The Balaban J connectivity index is 0.00000324. The zero-order chi connectivity index (χ0) is 23.4. The average molecular weight is 482 g/mol. The van der Waals surface area contributed by atoms with Crippen molar-refractivity contribution in [2.24, 2.45) is 0 Å². The summed E-state index contributed by atoms with van der Waals surface area (Å²) in [5.74, 6) is -0.285. The summed E-state index contributed by atoms with van der Waals surface area (Å²) in [6.07, 6.45) is 1.50. The van der Waals surface area contributed by atoms with Crippen LogP contribution in [0.15, 0.2) is 71.7 Å². The maximum atomic E-state index is 12.9. The van der Waals surface area contributed by atoms with Crippen molar-refractivity contribution in [2.75, 3.05) is 14.2 Å². The molecule has 0 saturated heterocycles. The van der Waals surface area contributed by atoms with Gasteiger partial charge in [0.05, 0.1) is 37.3 Å². The van der Waals surface area contributed by atoms with Crippen molar-refractivity contribution in [3.8, 4) is 23.0 Å². The fourth-order valence-corrected chi connectivity index (χ4v) is 3.57. The number of carbonyl (C=O) groups is 1. The molecule has 34 heavy (non-hydrogen) atoms. The molecule has 0 aliphatic heterocycles. The van der Waals surface area contributed by atoms with Crippen LogP contribution in [0.25, 0.3) is 17.3 Å². The second-order valence-corrected chi connectivity index (χ2v) is 7.09. The predicted octanol–water partition coefficient (Wildman–Crippen LogP) is 0.621. The van der Waals surface area contributed by atoms with Crippen LogP contribution in [0.3, 0.4) is 0 Å². The number of methoxy groups -OCH3 is 2. The number of nitrogens with zero attached hydrogens (tertiary/aromatic N) is 3. The van der Waals surface area contributed by atoms with E-state index < -0.39 is 17.4 Å². The molecule has 2 aromatic carbocycles. The van der Waals surface area contributed by atoms with Gasteiger partial charge in [-0.25, -0.2) is 4.98 Å². The maximum Gasteiger partial charge on any atom is 1.00 e. The minimum atomic E-state index is -1.13. The van der Waals surface area contributed by atoms with Crippen LogP contribution in [-0.2, 0) is 0 Å². The monoisotopic (exact) mass is 481 g/mol. The fourth-order valence-electron chi connectivity index (χ4n) is 3.57. The third-order valence-corrected chi connectivity index (χ3v) is 5.16. The molecule has 0 aliphatic carbocycles. The first-order valence-electron chi connectivity index (χ1n) is 9.98. The number of rotatable bonds is 7. The van der Waals surface area contributed by atoms with Gasteiger partial charge < -0.3 is 25.0 Å². The summed E-state index contributed by atoms with van der Waals surface area (Å²) in [7, 11) is 3.14. The van der Waals surface area contributed by atoms with Crippen LogP contribution < -0.4 is 66.4 Å². The minimum absolute atomic E-state index is 0. The third kappa shape index (κ3) is 5.42. The summed E-state index contributed by atoms with van der Waals surface area (Å²) < 4.78 is 10.5. The number of ether oxygens (including phenoxy) is 2. The van der Waals surface area contributed by atoms with Crippen LogP contribution in [0.1, 0.15) is 33.1 Å². The number of hydrogen-bond acceptors (Lipinski definition) is 7. The molecule has 2 heterocycles. The van der Waals surface area contributed by atoms with Gasteiger partial charge in [-0.1, -0.05) is 24.3 Å². The summed E-state index contributed by atoms with van der Waals surface area (Å²) in [4.78, 5) is 32.3. The molecular formula is C24H20KN5O4. The molecule has 166 valence electrons. The van der Waals surface area contributed by atoms with E-state index in [1.54, 1.807) is 50.6 Å². The van der Waals surface area contributed by atoms with E-state index in [0.29, 0.717) is 17.2 Å². The van der Waals surface area contributed by atoms with Gasteiger partial charge in [0.25, 0.3) is 5.56 Å². The van der Waals surface area contributed by atoms with E-state index >= 15 is 0 Å². The summed E-state index contributed by atoms with van der Waals surface area (Å²) in [5.41, 5.74) is 8.70. The van der Waals surface area contributed by atoms with Crippen molar-refractivity contribution in [3.63, 3.8) is 0 Å². The van der Waals surface area contributed by atoms with E-state index in [-0.39, 0.29) is 68.5 Å². The van der Waals surface area contributed by atoms with Crippen molar-refractivity contribution in [1.82, 2.24) is 20.2 Å². The Morgan fingerprint density at radius 3 is 1.94 bits per heavy atom. The average Bonchev–Trinajstić information content (AvgIpc) is 2.85. The summed E-state index contributed by atoms with van der Waals surface area (Å²) in [5, 5.41) is 7.84. The van der Waals surface area contributed by atoms with Crippen LogP contribution in [-0.4, -0.2) is 40.3 Å². The number of hydrogen-bond donors (Lipinski definition) is 1. The van der Waals surface area contributed by atoms with Crippen LogP contribution in [0.2, 0.25) is 0 Å². The Labute approximate surface area is 238 Å². The number of H-pyrrole nitrogens is 1. The smallest absolute Gasteiger partial charge is 0.663 e. The SMILES string of the molecule is COc1ccc(C(c2ccc(OC)cc2)c2nc(-c3cccnn3)[nH]c(=O)c2C([NH-])=O)cc1.[K+]. The Hall–Kier alpha value is -2.89. The first-order chi connectivity index (χ1) is 16.0. The molecule has 0 atom stereocenters. The third-order valence-electron chi connectivity index (χ3n) is 5.16. The van der Waals surface area contributed by atoms with Crippen molar-refractivity contribution in [3.05, 3.63) is 105 Å². The zero-order valence-electron chi connectivity index (χ0n) is 18.9. The summed E-state index contributed by atoms with van der Waals surface area (Å²) in [6, 6.07) is 17.8. The first kappa shape index (κ1) is 25.7. The Morgan fingerprint density at radius 1 is 0.941 bits per heavy atom. The quantitative estimate of drug-likeness (QED) is 0.383. The van der Waals surface area contributed by atoms with Gasteiger partial charge in [0, 0.05) is 6.20 Å². The maximum absolute atomic E-state index is 12.9. The van der Waals surface area contributed by atoms with Gasteiger partial charge in [-0.2, -0.15) is 5.10 Å². The summed E-state index contributed by atoms with van der Waals surface area (Å²) >= 11 is 0. The number of aromatic amines is 1. The topological polar surface area (TPSA) is 131 Å². The molecule has 10 heteroatoms. The molecule has 1 amide bonds. The second kappa shape index (κ2) is 11.5. The van der Waals surface area contributed by atoms with Gasteiger partial charge in [0.2, 0.25) is 0 Å². The molecule has 0 unspecified atom stereocenters. The molecule has 4 rings (SSSR count). The summed E-state index contributed by atoms with van der Waals surface area (Å²) in [6.45, 7) is 0. The van der Waals surface area contributed by atoms with E-state index in [1.807, 2.05) is 24.3 Å². The van der Waals surface area contributed by atoms with Gasteiger partial charge in [0.15, 0.2) is 5.82 Å². The van der Waals surface area contributed by atoms with Gasteiger partial charge >= 0.3 is 51.4 Å². The van der Waals surface area contributed by atoms with Gasteiger partial charge in [-0.3, -0.25) is 4.79 Å². The second-order valence-electron chi connectivity index (χ2n) is 7.09. The minimum Gasteiger partial charge on any atom is -0.663 e. The molecule has 4 aromatic rings. The van der Waals surface area contributed by atoms with Crippen molar-refractivity contribution >= 4 is 5.91 Å². The van der Waals surface area contributed by atoms with Gasteiger partial charge in [-0.05, 0) is 47.5 Å². The zero-order valence-corrected chi connectivity index (χ0v) is 22.0. The number of nitrogens with one attached hydrogen (secondary N) is 2. The van der Waals surface area contributed by atoms with Crippen LogP contribution in [0.5, 0.6) is 11.5 Å².